The molecule has 31 heavy (non-hydrogen) atoms. The highest BCUT2D eigenvalue weighted by Gasteiger charge is 2.33. The van der Waals surface area contributed by atoms with Crippen LogP contribution >= 0.6 is 11.3 Å². The van der Waals surface area contributed by atoms with Gasteiger partial charge in [-0.3, -0.25) is 4.79 Å². The molecule has 0 saturated heterocycles. The first kappa shape index (κ1) is 19.6. The molecule has 5 nitrogen and oxygen atoms in total. The summed E-state index contributed by atoms with van der Waals surface area (Å²) in [5.74, 6) is -1.58. The van der Waals surface area contributed by atoms with Gasteiger partial charge in [-0.2, -0.15) is 5.10 Å². The molecular formula is C23H15FN2O3S2. The van der Waals surface area contributed by atoms with Crippen LogP contribution in [0.2, 0.25) is 0 Å². The summed E-state index contributed by atoms with van der Waals surface area (Å²) >= 11 is 1.49. The van der Waals surface area contributed by atoms with Crippen LogP contribution in [0.5, 0.6) is 0 Å². The van der Waals surface area contributed by atoms with Crippen LogP contribution in [0.25, 0.3) is 22.3 Å². The van der Waals surface area contributed by atoms with E-state index in [2.05, 4.69) is 5.10 Å². The summed E-state index contributed by atoms with van der Waals surface area (Å²) in [6.07, 6.45) is 3.31. The highest BCUT2D eigenvalue weighted by atomic mass is 32.2. The van der Waals surface area contributed by atoms with Crippen LogP contribution in [0.4, 0.5) is 4.39 Å². The van der Waals surface area contributed by atoms with Gasteiger partial charge in [0.2, 0.25) is 0 Å². The number of para-hydroxylation sites is 1. The Balaban J connectivity index is 1.67. The topological polar surface area (TPSA) is 69.0 Å². The summed E-state index contributed by atoms with van der Waals surface area (Å²) in [4.78, 5) is 13.8. The van der Waals surface area contributed by atoms with Gasteiger partial charge in [0, 0.05) is 22.9 Å². The van der Waals surface area contributed by atoms with Crippen molar-refractivity contribution in [3.05, 3.63) is 94.8 Å². The third-order valence-corrected chi connectivity index (χ3v) is 7.60. The number of carbonyl (C=O) groups excluding carboxylic acids is 1. The van der Waals surface area contributed by atoms with Crippen molar-refractivity contribution in [2.45, 2.75) is 4.90 Å². The number of fused-ring (bicyclic) bond motifs is 1. The first-order valence-electron chi connectivity index (χ1n) is 9.39. The minimum atomic E-state index is -3.75. The molecule has 5 rings (SSSR count). The molecule has 0 spiro atoms. The number of hydrogen-bond acceptors (Lipinski definition) is 5. The number of Topliss-reactive ketones (excluding diaryl/α,β-unsaturated/α-hetero) is 1. The molecule has 2 aromatic carbocycles. The molecule has 0 atom stereocenters. The first-order valence-corrected chi connectivity index (χ1v) is 11.9. The Hall–Kier alpha value is -3.36. The van der Waals surface area contributed by atoms with E-state index in [4.69, 9.17) is 0 Å². The normalized spacial score (nSPS) is 16.4. The van der Waals surface area contributed by atoms with Gasteiger partial charge in [-0.05, 0) is 47.9 Å². The Labute approximate surface area is 182 Å². The number of halogens is 1. The Morgan fingerprint density at radius 1 is 1.06 bits per heavy atom. The summed E-state index contributed by atoms with van der Waals surface area (Å²) in [5.41, 5.74) is 2.04. The van der Waals surface area contributed by atoms with Crippen molar-refractivity contribution in [3.63, 3.8) is 0 Å². The Kier molecular flexibility index (Phi) is 4.68. The van der Waals surface area contributed by atoms with E-state index < -0.39 is 27.2 Å². The highest BCUT2D eigenvalue weighted by Crippen LogP contribution is 2.33. The smallest absolute Gasteiger partial charge is 0.191 e. The van der Waals surface area contributed by atoms with Crippen molar-refractivity contribution in [1.82, 2.24) is 9.78 Å². The van der Waals surface area contributed by atoms with Gasteiger partial charge in [0.1, 0.15) is 11.5 Å². The molecule has 0 bridgehead atoms. The molecule has 1 aliphatic heterocycles. The average Bonchev–Trinajstić information content (AvgIpc) is 3.42. The fourth-order valence-corrected chi connectivity index (χ4v) is 5.85. The molecule has 0 saturated carbocycles. The molecule has 8 heteroatoms. The minimum absolute atomic E-state index is 0.0866. The maximum absolute atomic E-state index is 13.7. The number of carbonyl (C=O) groups is 1. The fraction of sp³-hybridized carbons (Fsp3) is 0.0435. The number of nitrogens with zero attached hydrogens (tertiary/aromatic N) is 2. The number of benzene rings is 2. The van der Waals surface area contributed by atoms with Gasteiger partial charge in [0.05, 0.1) is 21.2 Å². The van der Waals surface area contributed by atoms with Gasteiger partial charge in [-0.1, -0.05) is 24.3 Å². The first-order chi connectivity index (χ1) is 14.9. The SMILES string of the molecule is O=C1/C(=C\c2cn(-c3ccccc3)nc2-c2cccs2)CS(=O)(=O)c2ccc(F)cc21. The van der Waals surface area contributed by atoms with E-state index in [9.17, 15) is 17.6 Å². The van der Waals surface area contributed by atoms with Crippen molar-refractivity contribution in [3.8, 4) is 16.3 Å². The van der Waals surface area contributed by atoms with Crippen LogP contribution in [0.3, 0.4) is 0 Å². The molecule has 0 N–H and O–H groups in total. The standard InChI is InChI=1S/C23H15FN2O3S2/c24-17-8-9-21-19(12-17)23(27)16(14-31(21,28)29)11-15-13-26(18-5-2-1-3-6-18)25-22(15)20-7-4-10-30-20/h1-13H,14H2/b16-11-. The minimum Gasteiger partial charge on any atom is -0.289 e. The van der Waals surface area contributed by atoms with Crippen molar-refractivity contribution >= 4 is 33.0 Å². The summed E-state index contributed by atoms with van der Waals surface area (Å²) < 4.78 is 40.9. The third kappa shape index (κ3) is 3.54. The lowest BCUT2D eigenvalue weighted by atomic mass is 10.0. The van der Waals surface area contributed by atoms with Gasteiger partial charge in [0.15, 0.2) is 15.6 Å². The summed E-state index contributed by atoms with van der Waals surface area (Å²) in [7, 11) is -3.75. The zero-order valence-corrected chi connectivity index (χ0v) is 17.7. The zero-order chi connectivity index (χ0) is 21.6. The second kappa shape index (κ2) is 7.40. The quantitative estimate of drug-likeness (QED) is 0.332. The fourth-order valence-electron chi connectivity index (χ4n) is 3.58. The van der Waals surface area contributed by atoms with Crippen LogP contribution in [-0.2, 0) is 9.84 Å². The zero-order valence-electron chi connectivity index (χ0n) is 16.0. The second-order valence-corrected chi connectivity index (χ2v) is 9.99. The number of ketones is 1. The Morgan fingerprint density at radius 3 is 2.61 bits per heavy atom. The molecule has 154 valence electrons. The molecule has 0 radical (unpaired) electrons. The predicted octanol–water partition coefficient (Wildman–Crippen LogP) is 4.79. The Bertz CT molecular complexity index is 1440. The van der Waals surface area contributed by atoms with Crippen LogP contribution in [0.1, 0.15) is 15.9 Å². The monoisotopic (exact) mass is 450 g/mol. The summed E-state index contributed by atoms with van der Waals surface area (Å²) in [6, 6.07) is 16.5. The van der Waals surface area contributed by atoms with Crippen LogP contribution in [0.15, 0.2) is 82.7 Å². The van der Waals surface area contributed by atoms with Crippen molar-refractivity contribution in [1.29, 1.82) is 0 Å². The van der Waals surface area contributed by atoms with E-state index in [0.29, 0.717) is 11.3 Å². The van der Waals surface area contributed by atoms with E-state index >= 15 is 0 Å². The number of sulfone groups is 1. The van der Waals surface area contributed by atoms with Crippen molar-refractivity contribution < 1.29 is 17.6 Å². The lowest BCUT2D eigenvalue weighted by Crippen LogP contribution is -2.24. The lowest BCUT2D eigenvalue weighted by molar-refractivity contribution is 0.103. The van der Waals surface area contributed by atoms with E-state index in [1.54, 1.807) is 17.0 Å². The van der Waals surface area contributed by atoms with Gasteiger partial charge in [-0.15, -0.1) is 11.3 Å². The van der Waals surface area contributed by atoms with Crippen molar-refractivity contribution in [2.24, 2.45) is 0 Å². The molecule has 4 aromatic rings. The molecule has 2 aromatic heterocycles. The average molecular weight is 451 g/mol. The van der Waals surface area contributed by atoms with Crippen molar-refractivity contribution in [2.75, 3.05) is 5.75 Å². The number of thiophene rings is 1. The van der Waals surface area contributed by atoms with E-state index in [1.807, 2.05) is 47.8 Å². The molecule has 0 amide bonds. The molecule has 0 fully saturated rings. The largest absolute Gasteiger partial charge is 0.289 e. The predicted molar refractivity (Wildman–Crippen MR) is 118 cm³/mol. The second-order valence-electron chi connectivity index (χ2n) is 7.09. The maximum Gasteiger partial charge on any atom is 0.191 e. The summed E-state index contributed by atoms with van der Waals surface area (Å²) in [6.45, 7) is 0. The van der Waals surface area contributed by atoms with E-state index in [1.165, 1.54) is 11.3 Å². The molecular weight excluding hydrogens is 435 g/mol. The van der Waals surface area contributed by atoms with Gasteiger partial charge in [-0.25, -0.2) is 17.5 Å². The molecule has 0 aliphatic carbocycles. The van der Waals surface area contributed by atoms with Crippen LogP contribution in [0, 0.1) is 5.82 Å². The molecule has 1 aliphatic rings. The maximum atomic E-state index is 13.7. The lowest BCUT2D eigenvalue weighted by Gasteiger charge is -2.17. The number of aromatic nitrogens is 2. The number of rotatable bonds is 3. The van der Waals surface area contributed by atoms with Gasteiger partial charge >= 0.3 is 0 Å². The molecule has 0 unspecified atom stereocenters. The van der Waals surface area contributed by atoms with Gasteiger partial charge in [0.25, 0.3) is 0 Å². The molecule has 3 heterocycles. The van der Waals surface area contributed by atoms with Crippen LogP contribution in [-0.4, -0.2) is 29.7 Å². The number of hydrogen-bond donors (Lipinski definition) is 0. The third-order valence-electron chi connectivity index (χ3n) is 5.01. The Morgan fingerprint density at radius 2 is 1.87 bits per heavy atom. The van der Waals surface area contributed by atoms with E-state index in [-0.39, 0.29) is 16.0 Å². The van der Waals surface area contributed by atoms with Gasteiger partial charge < -0.3 is 0 Å². The van der Waals surface area contributed by atoms with Crippen LogP contribution < -0.4 is 0 Å². The highest BCUT2D eigenvalue weighted by molar-refractivity contribution is 7.91. The summed E-state index contributed by atoms with van der Waals surface area (Å²) in [5, 5.41) is 6.59. The van der Waals surface area contributed by atoms with E-state index in [0.717, 1.165) is 28.8 Å².